The fourth-order valence-electron chi connectivity index (χ4n) is 2.18. The summed E-state index contributed by atoms with van der Waals surface area (Å²) in [5.41, 5.74) is 0.982. The number of carbonyl (C=O) groups excluding carboxylic acids is 1. The van der Waals surface area contributed by atoms with Crippen LogP contribution < -0.4 is 0 Å². The summed E-state index contributed by atoms with van der Waals surface area (Å²) in [7, 11) is 1.82. The van der Waals surface area contributed by atoms with E-state index in [0.29, 0.717) is 18.0 Å². The number of halogens is 1. The Bertz CT molecular complexity index is 637. The van der Waals surface area contributed by atoms with Crippen LogP contribution in [0.3, 0.4) is 0 Å². The maximum Gasteiger partial charge on any atom is 0.224 e. The normalized spacial score (nSPS) is 12.4. The van der Waals surface area contributed by atoms with Crippen molar-refractivity contribution in [2.75, 3.05) is 7.05 Å². The number of hydrogen-bond donors (Lipinski definition) is 0. The van der Waals surface area contributed by atoms with Crippen molar-refractivity contribution in [1.29, 1.82) is 0 Å². The maximum absolute atomic E-state index is 12.3. The molecule has 2 heterocycles. The Morgan fingerprint density at radius 3 is 2.76 bits per heavy atom. The van der Waals surface area contributed by atoms with Crippen molar-refractivity contribution in [2.45, 2.75) is 39.8 Å². The number of aryl methyl sites for hydroxylation is 3. The highest BCUT2D eigenvalue weighted by atomic mass is 35.5. The Morgan fingerprint density at radius 2 is 2.24 bits per heavy atom. The van der Waals surface area contributed by atoms with Crippen LogP contribution in [0.4, 0.5) is 0 Å². The molecule has 0 aliphatic carbocycles. The predicted octanol–water partition coefficient (Wildman–Crippen LogP) is 3.22. The van der Waals surface area contributed by atoms with Crippen molar-refractivity contribution in [3.8, 4) is 0 Å². The van der Waals surface area contributed by atoms with Gasteiger partial charge in [0.15, 0.2) is 0 Å². The van der Waals surface area contributed by atoms with Crippen LogP contribution in [0.15, 0.2) is 12.4 Å². The SMILES string of the molecule is Cc1nc([C@H](C)N(C)C(=O)CCn2cc(Cl)cn2)c(C)s1. The number of carbonyl (C=O) groups is 1. The largest absolute Gasteiger partial charge is 0.337 e. The molecule has 0 N–H and O–H groups in total. The fourth-order valence-corrected chi connectivity index (χ4v) is 3.24. The molecular formula is C14H19ClN4OS. The number of amides is 1. The Hall–Kier alpha value is -1.40. The molecule has 0 spiro atoms. The lowest BCUT2D eigenvalue weighted by atomic mass is 10.2. The highest BCUT2D eigenvalue weighted by Crippen LogP contribution is 2.26. The second-order valence-corrected chi connectivity index (χ2v) is 6.87. The highest BCUT2D eigenvalue weighted by molar-refractivity contribution is 7.11. The summed E-state index contributed by atoms with van der Waals surface area (Å²) in [6.07, 6.45) is 3.67. The third kappa shape index (κ3) is 3.83. The lowest BCUT2D eigenvalue weighted by Crippen LogP contribution is -2.30. The van der Waals surface area contributed by atoms with Crippen LogP contribution in [0, 0.1) is 13.8 Å². The van der Waals surface area contributed by atoms with Gasteiger partial charge in [0.05, 0.1) is 28.0 Å². The lowest BCUT2D eigenvalue weighted by molar-refractivity contribution is -0.132. The minimum atomic E-state index is -0.0244. The zero-order chi connectivity index (χ0) is 15.6. The molecule has 21 heavy (non-hydrogen) atoms. The summed E-state index contributed by atoms with van der Waals surface area (Å²) in [5.74, 6) is 0.0687. The zero-order valence-electron chi connectivity index (χ0n) is 12.6. The van der Waals surface area contributed by atoms with Crippen molar-refractivity contribution >= 4 is 28.8 Å². The van der Waals surface area contributed by atoms with E-state index in [1.165, 1.54) is 4.88 Å². The first-order valence-corrected chi connectivity index (χ1v) is 7.95. The van der Waals surface area contributed by atoms with Gasteiger partial charge in [0.2, 0.25) is 5.91 Å². The molecule has 0 saturated carbocycles. The van der Waals surface area contributed by atoms with Crippen LogP contribution >= 0.6 is 22.9 Å². The molecule has 5 nitrogen and oxygen atoms in total. The molecule has 1 amide bonds. The third-order valence-electron chi connectivity index (χ3n) is 3.47. The van der Waals surface area contributed by atoms with E-state index in [9.17, 15) is 4.79 Å². The van der Waals surface area contributed by atoms with Crippen molar-refractivity contribution in [1.82, 2.24) is 19.7 Å². The van der Waals surface area contributed by atoms with Gasteiger partial charge < -0.3 is 4.90 Å². The van der Waals surface area contributed by atoms with Gasteiger partial charge in [-0.2, -0.15) is 5.10 Å². The van der Waals surface area contributed by atoms with Gasteiger partial charge in [0.25, 0.3) is 0 Å². The van der Waals surface area contributed by atoms with Gasteiger partial charge in [0, 0.05) is 31.1 Å². The minimum absolute atomic E-state index is 0.0244. The molecule has 1 atom stereocenters. The zero-order valence-corrected chi connectivity index (χ0v) is 14.2. The van der Waals surface area contributed by atoms with Crippen molar-refractivity contribution in [2.24, 2.45) is 0 Å². The molecule has 0 aromatic carbocycles. The third-order valence-corrected chi connectivity index (χ3v) is 4.56. The average molecular weight is 327 g/mol. The highest BCUT2D eigenvalue weighted by Gasteiger charge is 2.21. The molecule has 114 valence electrons. The smallest absolute Gasteiger partial charge is 0.224 e. The second-order valence-electron chi connectivity index (χ2n) is 5.03. The number of hydrogen-bond acceptors (Lipinski definition) is 4. The summed E-state index contributed by atoms with van der Waals surface area (Å²) in [6.45, 7) is 6.56. The molecule has 7 heteroatoms. The van der Waals surface area contributed by atoms with Crippen molar-refractivity contribution in [3.63, 3.8) is 0 Å². The van der Waals surface area contributed by atoms with Gasteiger partial charge in [-0.25, -0.2) is 4.98 Å². The van der Waals surface area contributed by atoms with Crippen LogP contribution in [-0.4, -0.2) is 32.6 Å². The van der Waals surface area contributed by atoms with E-state index < -0.39 is 0 Å². The van der Waals surface area contributed by atoms with E-state index in [1.54, 1.807) is 33.3 Å². The van der Waals surface area contributed by atoms with E-state index in [4.69, 9.17) is 11.6 Å². The first-order valence-electron chi connectivity index (χ1n) is 6.76. The molecule has 0 unspecified atom stereocenters. The van der Waals surface area contributed by atoms with Crippen LogP contribution in [0.2, 0.25) is 5.02 Å². The van der Waals surface area contributed by atoms with E-state index in [0.717, 1.165) is 10.7 Å². The van der Waals surface area contributed by atoms with Crippen molar-refractivity contribution in [3.05, 3.63) is 33.0 Å². The van der Waals surface area contributed by atoms with Gasteiger partial charge in [-0.1, -0.05) is 11.6 Å². The standard InChI is InChI=1S/C14H19ClN4OS/c1-9(14-10(2)21-11(3)17-14)18(4)13(20)5-6-19-8-12(15)7-16-19/h7-9H,5-6H2,1-4H3/t9-/m0/s1. The van der Waals surface area contributed by atoms with Gasteiger partial charge >= 0.3 is 0 Å². The van der Waals surface area contributed by atoms with Crippen LogP contribution in [0.25, 0.3) is 0 Å². The Labute approximate surface area is 133 Å². The first kappa shape index (κ1) is 16.0. The van der Waals surface area contributed by atoms with Crippen LogP contribution in [0.5, 0.6) is 0 Å². The van der Waals surface area contributed by atoms with E-state index in [-0.39, 0.29) is 11.9 Å². The molecule has 0 aliphatic heterocycles. The Kier molecular flexibility index (Phi) is 5.00. The number of aromatic nitrogens is 3. The number of rotatable bonds is 5. The summed E-state index contributed by atoms with van der Waals surface area (Å²) >= 11 is 7.46. The molecule has 2 aromatic rings. The second kappa shape index (κ2) is 6.58. The molecule has 2 aromatic heterocycles. The summed E-state index contributed by atoms with van der Waals surface area (Å²) in [5, 5.41) is 5.68. The van der Waals surface area contributed by atoms with Gasteiger partial charge in [0.1, 0.15) is 0 Å². The topological polar surface area (TPSA) is 51.0 Å². The van der Waals surface area contributed by atoms with Crippen LogP contribution in [0.1, 0.15) is 35.0 Å². The summed E-state index contributed by atoms with van der Waals surface area (Å²) < 4.78 is 1.68. The molecule has 0 fully saturated rings. The Balaban J connectivity index is 1.96. The monoisotopic (exact) mass is 326 g/mol. The average Bonchev–Trinajstić information content (AvgIpc) is 3.00. The first-order chi connectivity index (χ1) is 9.88. The van der Waals surface area contributed by atoms with E-state index in [2.05, 4.69) is 10.1 Å². The van der Waals surface area contributed by atoms with Gasteiger partial charge in [-0.3, -0.25) is 9.48 Å². The summed E-state index contributed by atoms with van der Waals surface area (Å²) in [6, 6.07) is -0.0244. The number of nitrogens with zero attached hydrogens (tertiary/aromatic N) is 4. The molecule has 0 aliphatic rings. The molecule has 2 rings (SSSR count). The molecule has 0 saturated heterocycles. The molecular weight excluding hydrogens is 308 g/mol. The van der Waals surface area contributed by atoms with E-state index >= 15 is 0 Å². The Morgan fingerprint density at radius 1 is 1.52 bits per heavy atom. The van der Waals surface area contributed by atoms with Crippen LogP contribution in [-0.2, 0) is 11.3 Å². The number of thiazole rings is 1. The summed E-state index contributed by atoms with van der Waals surface area (Å²) in [4.78, 5) is 19.7. The van der Waals surface area contributed by atoms with E-state index in [1.807, 2.05) is 27.8 Å². The fraction of sp³-hybridized carbons (Fsp3) is 0.500. The minimum Gasteiger partial charge on any atom is -0.337 e. The predicted molar refractivity (Wildman–Crippen MR) is 84.6 cm³/mol. The maximum atomic E-state index is 12.3. The molecule has 0 radical (unpaired) electrons. The van der Waals surface area contributed by atoms with Gasteiger partial charge in [-0.15, -0.1) is 11.3 Å². The van der Waals surface area contributed by atoms with Gasteiger partial charge in [-0.05, 0) is 20.8 Å². The molecule has 0 bridgehead atoms. The quantitative estimate of drug-likeness (QED) is 0.847. The lowest BCUT2D eigenvalue weighted by Gasteiger charge is -2.24. The van der Waals surface area contributed by atoms with Crippen molar-refractivity contribution < 1.29 is 4.79 Å².